The van der Waals surface area contributed by atoms with E-state index in [4.69, 9.17) is 0 Å². The molecule has 1 amide bonds. The summed E-state index contributed by atoms with van der Waals surface area (Å²) >= 11 is 0. The van der Waals surface area contributed by atoms with Crippen LogP contribution in [0.2, 0.25) is 0 Å². The lowest BCUT2D eigenvalue weighted by Crippen LogP contribution is -2.30. The molecule has 0 aliphatic heterocycles. The van der Waals surface area contributed by atoms with Crippen LogP contribution in [0.4, 0.5) is 10.1 Å². The van der Waals surface area contributed by atoms with Gasteiger partial charge in [0.1, 0.15) is 5.82 Å². The third kappa shape index (κ3) is 3.62. The Balaban J connectivity index is 2.62. The molecule has 1 unspecified atom stereocenters. The van der Waals surface area contributed by atoms with Crippen molar-refractivity contribution in [1.29, 1.82) is 0 Å². The largest absolute Gasteiger partial charge is 0.326 e. The van der Waals surface area contributed by atoms with Crippen molar-refractivity contribution in [3.8, 4) is 0 Å². The van der Waals surface area contributed by atoms with E-state index < -0.39 is 0 Å². The van der Waals surface area contributed by atoms with Crippen LogP contribution in [-0.2, 0) is 4.79 Å². The smallest absolute Gasteiger partial charge is 0.228 e. The molecule has 4 heteroatoms. The van der Waals surface area contributed by atoms with E-state index >= 15 is 0 Å². The van der Waals surface area contributed by atoms with Gasteiger partial charge in [-0.25, -0.2) is 4.39 Å². The van der Waals surface area contributed by atoms with E-state index in [2.05, 4.69) is 10.6 Å². The van der Waals surface area contributed by atoms with Crippen LogP contribution in [0, 0.1) is 11.7 Å². The molecule has 1 atom stereocenters. The van der Waals surface area contributed by atoms with Gasteiger partial charge >= 0.3 is 0 Å². The van der Waals surface area contributed by atoms with E-state index in [-0.39, 0.29) is 17.6 Å². The molecule has 0 aromatic heterocycles. The highest BCUT2D eigenvalue weighted by Gasteiger charge is 2.15. The van der Waals surface area contributed by atoms with Gasteiger partial charge in [0.2, 0.25) is 5.91 Å². The van der Waals surface area contributed by atoms with Gasteiger partial charge in [0.15, 0.2) is 0 Å². The Morgan fingerprint density at radius 1 is 1.50 bits per heavy atom. The Morgan fingerprint density at radius 3 is 2.81 bits per heavy atom. The lowest BCUT2D eigenvalue weighted by atomic mass is 10.1. The van der Waals surface area contributed by atoms with E-state index in [1.807, 2.05) is 6.92 Å². The minimum absolute atomic E-state index is 0.0811. The van der Waals surface area contributed by atoms with Crippen molar-refractivity contribution in [1.82, 2.24) is 5.32 Å². The summed E-state index contributed by atoms with van der Waals surface area (Å²) < 4.78 is 12.9. The summed E-state index contributed by atoms with van der Waals surface area (Å²) in [4.78, 5) is 11.8. The van der Waals surface area contributed by atoms with Gasteiger partial charge in [-0.2, -0.15) is 0 Å². The molecule has 3 nitrogen and oxygen atoms in total. The Kier molecular flexibility index (Phi) is 4.92. The summed E-state index contributed by atoms with van der Waals surface area (Å²) in [6.07, 6.45) is 0.752. The zero-order valence-corrected chi connectivity index (χ0v) is 9.59. The van der Waals surface area contributed by atoms with Gasteiger partial charge in [-0.15, -0.1) is 0 Å². The molecule has 0 saturated carbocycles. The lowest BCUT2D eigenvalue weighted by molar-refractivity contribution is -0.119. The number of halogens is 1. The second-order valence-electron chi connectivity index (χ2n) is 3.66. The quantitative estimate of drug-likeness (QED) is 0.803. The Labute approximate surface area is 95.0 Å². The number of amides is 1. The number of nitrogens with one attached hydrogen (secondary N) is 2. The van der Waals surface area contributed by atoms with E-state index in [1.165, 1.54) is 12.1 Å². The van der Waals surface area contributed by atoms with Crippen molar-refractivity contribution in [2.45, 2.75) is 13.3 Å². The molecule has 1 aromatic carbocycles. The van der Waals surface area contributed by atoms with Crippen LogP contribution < -0.4 is 10.6 Å². The maximum absolute atomic E-state index is 12.9. The molecule has 0 bridgehead atoms. The predicted molar refractivity (Wildman–Crippen MR) is 62.7 cm³/mol. The Morgan fingerprint density at radius 2 is 2.25 bits per heavy atom. The molecule has 0 fully saturated rings. The number of anilines is 1. The topological polar surface area (TPSA) is 41.1 Å². The third-order valence-corrected chi connectivity index (χ3v) is 2.41. The van der Waals surface area contributed by atoms with E-state index in [0.717, 1.165) is 6.42 Å². The van der Waals surface area contributed by atoms with Crippen LogP contribution in [0.1, 0.15) is 13.3 Å². The van der Waals surface area contributed by atoms with Crippen molar-refractivity contribution in [3.05, 3.63) is 30.1 Å². The summed E-state index contributed by atoms with van der Waals surface area (Å²) in [6, 6.07) is 5.90. The SMILES string of the molecule is CCC(CNC)C(=O)Nc1cccc(F)c1. The number of carbonyl (C=O) groups is 1. The highest BCUT2D eigenvalue weighted by molar-refractivity contribution is 5.92. The molecule has 0 heterocycles. The fraction of sp³-hybridized carbons (Fsp3) is 0.417. The molecule has 0 aliphatic rings. The Bertz CT molecular complexity index is 355. The molecule has 2 N–H and O–H groups in total. The van der Waals surface area contributed by atoms with Gasteiger partial charge < -0.3 is 10.6 Å². The maximum Gasteiger partial charge on any atom is 0.228 e. The number of carbonyl (C=O) groups excluding carboxylic acids is 1. The molecular weight excluding hydrogens is 207 g/mol. The standard InChI is InChI=1S/C12H17FN2O/c1-3-9(8-14-2)12(16)15-11-6-4-5-10(13)7-11/h4-7,9,14H,3,8H2,1-2H3,(H,15,16). The summed E-state index contributed by atoms with van der Waals surface area (Å²) in [5.41, 5.74) is 0.500. The van der Waals surface area contributed by atoms with Gasteiger partial charge in [-0.3, -0.25) is 4.79 Å². The molecule has 0 spiro atoms. The second-order valence-corrected chi connectivity index (χ2v) is 3.66. The molecule has 0 radical (unpaired) electrons. The first-order valence-electron chi connectivity index (χ1n) is 5.38. The normalized spacial score (nSPS) is 12.2. The third-order valence-electron chi connectivity index (χ3n) is 2.41. The number of hydrogen-bond acceptors (Lipinski definition) is 2. The fourth-order valence-corrected chi connectivity index (χ4v) is 1.48. The number of benzene rings is 1. The summed E-state index contributed by atoms with van der Waals surface area (Å²) in [5.74, 6) is -0.518. The highest BCUT2D eigenvalue weighted by atomic mass is 19.1. The average molecular weight is 224 g/mol. The van der Waals surface area contributed by atoms with Crippen molar-refractivity contribution in [3.63, 3.8) is 0 Å². The van der Waals surface area contributed by atoms with E-state index in [0.29, 0.717) is 12.2 Å². The van der Waals surface area contributed by atoms with E-state index in [9.17, 15) is 9.18 Å². The average Bonchev–Trinajstić information content (AvgIpc) is 2.25. The molecule has 16 heavy (non-hydrogen) atoms. The summed E-state index contributed by atoms with van der Waals surface area (Å²) in [6.45, 7) is 2.57. The van der Waals surface area contributed by atoms with Gasteiger partial charge in [-0.05, 0) is 31.7 Å². The molecule has 1 aromatic rings. The predicted octanol–water partition coefficient (Wildman–Crippen LogP) is 2.01. The van der Waals surface area contributed by atoms with Crippen LogP contribution >= 0.6 is 0 Å². The maximum atomic E-state index is 12.9. The van der Waals surface area contributed by atoms with Crippen molar-refractivity contribution >= 4 is 11.6 Å². The summed E-state index contributed by atoms with van der Waals surface area (Å²) in [7, 11) is 1.80. The second kappa shape index (κ2) is 6.23. The first-order valence-corrected chi connectivity index (χ1v) is 5.38. The van der Waals surface area contributed by atoms with Gasteiger partial charge in [0, 0.05) is 12.2 Å². The Hall–Kier alpha value is -1.42. The van der Waals surface area contributed by atoms with Crippen LogP contribution in [0.5, 0.6) is 0 Å². The molecule has 0 aliphatic carbocycles. The van der Waals surface area contributed by atoms with Crippen LogP contribution in [0.25, 0.3) is 0 Å². The fourth-order valence-electron chi connectivity index (χ4n) is 1.48. The molecule has 88 valence electrons. The highest BCUT2D eigenvalue weighted by Crippen LogP contribution is 2.11. The zero-order valence-electron chi connectivity index (χ0n) is 9.59. The molecular formula is C12H17FN2O. The van der Waals surface area contributed by atoms with Gasteiger partial charge in [-0.1, -0.05) is 13.0 Å². The number of rotatable bonds is 5. The molecule has 1 rings (SSSR count). The van der Waals surface area contributed by atoms with Crippen molar-refractivity contribution in [2.24, 2.45) is 5.92 Å². The molecule has 0 saturated heterocycles. The number of hydrogen-bond donors (Lipinski definition) is 2. The zero-order chi connectivity index (χ0) is 12.0. The minimum atomic E-state index is -0.348. The first-order chi connectivity index (χ1) is 7.67. The van der Waals surface area contributed by atoms with Crippen LogP contribution in [0.15, 0.2) is 24.3 Å². The monoisotopic (exact) mass is 224 g/mol. The van der Waals surface area contributed by atoms with Crippen LogP contribution in [-0.4, -0.2) is 19.5 Å². The van der Waals surface area contributed by atoms with Gasteiger partial charge in [0.05, 0.1) is 5.92 Å². The first kappa shape index (κ1) is 12.6. The van der Waals surface area contributed by atoms with Crippen molar-refractivity contribution in [2.75, 3.05) is 18.9 Å². The minimum Gasteiger partial charge on any atom is -0.326 e. The lowest BCUT2D eigenvalue weighted by Gasteiger charge is -2.14. The van der Waals surface area contributed by atoms with Gasteiger partial charge in [0.25, 0.3) is 0 Å². The van der Waals surface area contributed by atoms with E-state index in [1.54, 1.807) is 19.2 Å². The van der Waals surface area contributed by atoms with Crippen molar-refractivity contribution < 1.29 is 9.18 Å². The summed E-state index contributed by atoms with van der Waals surface area (Å²) in [5, 5.41) is 5.66. The van der Waals surface area contributed by atoms with Crippen LogP contribution in [0.3, 0.4) is 0 Å².